The molecule has 14 heavy (non-hydrogen) atoms. The van der Waals surface area contributed by atoms with Crippen LogP contribution >= 0.6 is 0 Å². The third-order valence-electron chi connectivity index (χ3n) is 3.11. The molecule has 84 valence electrons. The van der Waals surface area contributed by atoms with Crippen LogP contribution < -0.4 is 5.32 Å². The lowest BCUT2D eigenvalue weighted by Crippen LogP contribution is -2.23. The standard InChI is InChI=1S/C12H25NO/c1-4-5-11(9-13-3)8-12-7-6-10(2)14-12/h10-13H,4-9H2,1-3H3. The molecule has 0 bridgehead atoms. The lowest BCUT2D eigenvalue weighted by atomic mass is 9.95. The Morgan fingerprint density at radius 1 is 1.43 bits per heavy atom. The van der Waals surface area contributed by atoms with E-state index >= 15 is 0 Å². The Kier molecular flexibility index (Phi) is 5.49. The maximum atomic E-state index is 5.86. The molecule has 1 rings (SSSR count). The molecule has 1 aliphatic rings. The van der Waals surface area contributed by atoms with Gasteiger partial charge in [-0.25, -0.2) is 0 Å². The van der Waals surface area contributed by atoms with Crippen molar-refractivity contribution in [1.29, 1.82) is 0 Å². The van der Waals surface area contributed by atoms with Crippen molar-refractivity contribution in [3.8, 4) is 0 Å². The van der Waals surface area contributed by atoms with Crippen LogP contribution in [0.1, 0.15) is 46.0 Å². The zero-order valence-corrected chi connectivity index (χ0v) is 9.88. The van der Waals surface area contributed by atoms with Crippen LogP contribution in [0.3, 0.4) is 0 Å². The summed E-state index contributed by atoms with van der Waals surface area (Å²) in [4.78, 5) is 0. The first-order valence-electron chi connectivity index (χ1n) is 6.06. The fourth-order valence-corrected chi connectivity index (χ4v) is 2.43. The molecule has 0 amide bonds. The predicted octanol–water partition coefficient (Wildman–Crippen LogP) is 2.58. The van der Waals surface area contributed by atoms with Crippen LogP contribution in [-0.4, -0.2) is 25.8 Å². The Morgan fingerprint density at radius 3 is 2.71 bits per heavy atom. The lowest BCUT2D eigenvalue weighted by Gasteiger charge is -2.19. The fraction of sp³-hybridized carbons (Fsp3) is 1.00. The molecule has 1 aliphatic heterocycles. The van der Waals surface area contributed by atoms with E-state index in [4.69, 9.17) is 4.74 Å². The Bertz CT molecular complexity index is 143. The summed E-state index contributed by atoms with van der Waals surface area (Å²) in [6, 6.07) is 0. The third kappa shape index (κ3) is 3.97. The molecule has 2 nitrogen and oxygen atoms in total. The highest BCUT2D eigenvalue weighted by atomic mass is 16.5. The molecule has 0 aliphatic carbocycles. The Labute approximate surface area is 88.4 Å². The van der Waals surface area contributed by atoms with Gasteiger partial charge in [0.2, 0.25) is 0 Å². The molecular formula is C12H25NO. The minimum absolute atomic E-state index is 0.497. The molecule has 0 aromatic heterocycles. The topological polar surface area (TPSA) is 21.3 Å². The van der Waals surface area contributed by atoms with E-state index in [0.717, 1.165) is 12.5 Å². The maximum absolute atomic E-state index is 5.86. The van der Waals surface area contributed by atoms with Crippen molar-refractivity contribution in [2.75, 3.05) is 13.6 Å². The van der Waals surface area contributed by atoms with Crippen LogP contribution in [0.15, 0.2) is 0 Å². The highest BCUT2D eigenvalue weighted by molar-refractivity contribution is 4.74. The van der Waals surface area contributed by atoms with E-state index in [1.807, 2.05) is 7.05 Å². The van der Waals surface area contributed by atoms with E-state index in [0.29, 0.717) is 12.2 Å². The first-order chi connectivity index (χ1) is 6.76. The van der Waals surface area contributed by atoms with Crippen LogP contribution in [0.25, 0.3) is 0 Å². The summed E-state index contributed by atoms with van der Waals surface area (Å²) in [6.45, 7) is 5.59. The number of nitrogens with one attached hydrogen (secondary N) is 1. The second kappa shape index (κ2) is 6.41. The van der Waals surface area contributed by atoms with Crippen LogP contribution in [0, 0.1) is 5.92 Å². The van der Waals surface area contributed by atoms with E-state index < -0.39 is 0 Å². The molecule has 1 fully saturated rings. The highest BCUT2D eigenvalue weighted by Crippen LogP contribution is 2.25. The van der Waals surface area contributed by atoms with Gasteiger partial charge in [0.25, 0.3) is 0 Å². The Hall–Kier alpha value is -0.0800. The summed E-state index contributed by atoms with van der Waals surface area (Å²) < 4.78 is 5.86. The zero-order chi connectivity index (χ0) is 10.4. The van der Waals surface area contributed by atoms with Crippen molar-refractivity contribution in [2.45, 2.75) is 58.2 Å². The minimum atomic E-state index is 0.497. The lowest BCUT2D eigenvalue weighted by molar-refractivity contribution is 0.0401. The van der Waals surface area contributed by atoms with Gasteiger partial charge in [0.1, 0.15) is 0 Å². The van der Waals surface area contributed by atoms with Gasteiger partial charge in [-0.2, -0.15) is 0 Å². The molecule has 1 heterocycles. The number of hydrogen-bond acceptors (Lipinski definition) is 2. The first-order valence-corrected chi connectivity index (χ1v) is 6.06. The van der Waals surface area contributed by atoms with E-state index in [1.54, 1.807) is 0 Å². The largest absolute Gasteiger partial charge is 0.375 e. The minimum Gasteiger partial charge on any atom is -0.375 e. The zero-order valence-electron chi connectivity index (χ0n) is 9.88. The van der Waals surface area contributed by atoms with Gasteiger partial charge in [-0.3, -0.25) is 0 Å². The van der Waals surface area contributed by atoms with Crippen molar-refractivity contribution in [3.63, 3.8) is 0 Å². The number of hydrogen-bond donors (Lipinski definition) is 1. The van der Waals surface area contributed by atoms with Crippen molar-refractivity contribution in [1.82, 2.24) is 5.32 Å². The first kappa shape index (κ1) is 12.0. The third-order valence-corrected chi connectivity index (χ3v) is 3.11. The van der Waals surface area contributed by atoms with Gasteiger partial charge in [0.15, 0.2) is 0 Å². The summed E-state index contributed by atoms with van der Waals surface area (Å²) in [7, 11) is 2.04. The molecule has 1 saturated heterocycles. The average Bonchev–Trinajstić information content (AvgIpc) is 2.52. The average molecular weight is 199 g/mol. The van der Waals surface area contributed by atoms with Crippen LogP contribution in [-0.2, 0) is 4.74 Å². The van der Waals surface area contributed by atoms with Gasteiger partial charge in [0, 0.05) is 0 Å². The van der Waals surface area contributed by atoms with Gasteiger partial charge in [-0.15, -0.1) is 0 Å². The van der Waals surface area contributed by atoms with E-state index in [9.17, 15) is 0 Å². The van der Waals surface area contributed by atoms with Gasteiger partial charge in [-0.05, 0) is 52.1 Å². The van der Waals surface area contributed by atoms with E-state index in [1.165, 1.54) is 32.1 Å². The molecule has 3 atom stereocenters. The normalized spacial score (nSPS) is 29.4. The van der Waals surface area contributed by atoms with Gasteiger partial charge < -0.3 is 10.1 Å². The Balaban J connectivity index is 2.24. The SMILES string of the molecule is CCCC(CNC)CC1CCC(C)O1. The van der Waals surface area contributed by atoms with Crippen LogP contribution in [0.5, 0.6) is 0 Å². The van der Waals surface area contributed by atoms with Crippen LogP contribution in [0.2, 0.25) is 0 Å². The second-order valence-corrected chi connectivity index (χ2v) is 4.59. The van der Waals surface area contributed by atoms with E-state index in [2.05, 4.69) is 19.2 Å². The Morgan fingerprint density at radius 2 is 2.21 bits per heavy atom. The molecule has 0 radical (unpaired) electrons. The molecule has 2 heteroatoms. The summed E-state index contributed by atoms with van der Waals surface area (Å²) >= 11 is 0. The van der Waals surface area contributed by atoms with E-state index in [-0.39, 0.29) is 0 Å². The molecule has 0 spiro atoms. The van der Waals surface area contributed by atoms with Crippen molar-refractivity contribution < 1.29 is 4.74 Å². The quantitative estimate of drug-likeness (QED) is 0.710. The van der Waals surface area contributed by atoms with Crippen molar-refractivity contribution in [2.24, 2.45) is 5.92 Å². The van der Waals surface area contributed by atoms with Crippen molar-refractivity contribution >= 4 is 0 Å². The summed E-state index contributed by atoms with van der Waals surface area (Å²) in [5.41, 5.74) is 0. The van der Waals surface area contributed by atoms with Gasteiger partial charge in [0.05, 0.1) is 12.2 Å². The predicted molar refractivity (Wildman–Crippen MR) is 60.5 cm³/mol. The second-order valence-electron chi connectivity index (χ2n) is 4.59. The van der Waals surface area contributed by atoms with Crippen LogP contribution in [0.4, 0.5) is 0 Å². The molecule has 0 aromatic rings. The molecule has 1 N–H and O–H groups in total. The summed E-state index contributed by atoms with van der Waals surface area (Å²) in [5, 5.41) is 3.28. The molecular weight excluding hydrogens is 174 g/mol. The molecule has 0 saturated carbocycles. The van der Waals surface area contributed by atoms with Crippen molar-refractivity contribution in [3.05, 3.63) is 0 Å². The maximum Gasteiger partial charge on any atom is 0.0582 e. The summed E-state index contributed by atoms with van der Waals surface area (Å²) in [6.07, 6.45) is 7.42. The monoisotopic (exact) mass is 199 g/mol. The van der Waals surface area contributed by atoms with Gasteiger partial charge >= 0.3 is 0 Å². The van der Waals surface area contributed by atoms with Gasteiger partial charge in [-0.1, -0.05) is 13.3 Å². The fourth-order valence-electron chi connectivity index (χ4n) is 2.43. The molecule has 3 unspecified atom stereocenters. The summed E-state index contributed by atoms with van der Waals surface area (Å²) in [5.74, 6) is 0.806. The highest BCUT2D eigenvalue weighted by Gasteiger charge is 2.24. The molecule has 0 aromatic carbocycles. The number of rotatable bonds is 6. The smallest absolute Gasteiger partial charge is 0.0582 e. The number of ether oxygens (including phenoxy) is 1.